The second kappa shape index (κ2) is 6.04. The third-order valence-corrected chi connectivity index (χ3v) is 6.06. The van der Waals surface area contributed by atoms with Gasteiger partial charge < -0.3 is 14.2 Å². The van der Waals surface area contributed by atoms with E-state index in [-0.39, 0.29) is 16.2 Å². The van der Waals surface area contributed by atoms with Crippen LogP contribution < -0.4 is 10.0 Å². The van der Waals surface area contributed by atoms with Gasteiger partial charge in [-0.3, -0.25) is 0 Å². The minimum absolute atomic E-state index is 0.0241. The number of ether oxygens (including phenoxy) is 1. The van der Waals surface area contributed by atoms with Gasteiger partial charge in [-0.1, -0.05) is 19.0 Å². The summed E-state index contributed by atoms with van der Waals surface area (Å²) in [6.45, 7) is 6.96. The minimum atomic E-state index is -3.83. The maximum Gasteiger partial charge on any atom is 0.260 e. The van der Waals surface area contributed by atoms with Crippen molar-refractivity contribution < 1.29 is 17.7 Å². The Morgan fingerprint density at radius 2 is 1.96 bits per heavy atom. The molecule has 26 heavy (non-hydrogen) atoms. The quantitative estimate of drug-likeness (QED) is 0.862. The molecule has 0 radical (unpaired) electrons. The van der Waals surface area contributed by atoms with Crippen molar-refractivity contribution in [1.29, 1.82) is 0 Å². The number of hydrogen-bond donors (Lipinski definition) is 1. The molecule has 1 aliphatic heterocycles. The summed E-state index contributed by atoms with van der Waals surface area (Å²) in [6, 6.07) is 4.76. The molecule has 4 rings (SSSR count). The number of anilines is 1. The Kier molecular flexibility index (Phi) is 4.05. The summed E-state index contributed by atoms with van der Waals surface area (Å²) >= 11 is 0. The first kappa shape index (κ1) is 17.4. The van der Waals surface area contributed by atoms with Crippen LogP contribution in [0.15, 0.2) is 27.6 Å². The number of nitrogens with two attached hydrogens (primary N) is 1. The summed E-state index contributed by atoms with van der Waals surface area (Å²) in [5, 5.41) is 9.42. The average Bonchev–Trinajstić information content (AvgIpc) is 3.03. The van der Waals surface area contributed by atoms with Crippen molar-refractivity contribution in [2.24, 2.45) is 10.6 Å². The first-order valence-electron chi connectivity index (χ1n) is 8.59. The molecule has 0 amide bonds. The van der Waals surface area contributed by atoms with E-state index >= 15 is 0 Å². The SMILES string of the molecule is CC1(C)CC1c1noc(-c2cc(S(N)(=O)=O)ccc2N2CCOCC2)n1. The number of sulfonamides is 1. The van der Waals surface area contributed by atoms with Crippen molar-refractivity contribution in [2.75, 3.05) is 31.2 Å². The number of morpholine rings is 1. The Morgan fingerprint density at radius 3 is 2.58 bits per heavy atom. The standard InChI is InChI=1S/C17H22N4O4S/c1-17(2)10-13(17)15-19-16(25-20-15)12-9-11(26(18,22)23)3-4-14(12)21-5-7-24-8-6-21/h3-4,9,13H,5-8,10H2,1-2H3,(H2,18,22,23). The number of rotatable bonds is 4. The second-order valence-electron chi connectivity index (χ2n) is 7.53. The maximum atomic E-state index is 11.8. The van der Waals surface area contributed by atoms with E-state index in [2.05, 4.69) is 28.9 Å². The highest BCUT2D eigenvalue weighted by molar-refractivity contribution is 7.89. The molecule has 0 bridgehead atoms. The predicted molar refractivity (Wildman–Crippen MR) is 95.3 cm³/mol. The predicted octanol–water partition coefficient (Wildman–Crippen LogP) is 1.73. The van der Waals surface area contributed by atoms with E-state index < -0.39 is 10.0 Å². The summed E-state index contributed by atoms with van der Waals surface area (Å²) in [5.74, 6) is 1.25. The Hall–Kier alpha value is -1.97. The molecule has 0 spiro atoms. The second-order valence-corrected chi connectivity index (χ2v) is 9.09. The highest BCUT2D eigenvalue weighted by Crippen LogP contribution is 2.57. The van der Waals surface area contributed by atoms with Crippen molar-refractivity contribution >= 4 is 15.7 Å². The molecule has 1 aromatic heterocycles. The topological polar surface area (TPSA) is 112 Å². The van der Waals surface area contributed by atoms with Gasteiger partial charge in [0.1, 0.15) is 0 Å². The molecule has 1 atom stereocenters. The lowest BCUT2D eigenvalue weighted by molar-refractivity contribution is 0.122. The summed E-state index contributed by atoms with van der Waals surface area (Å²) in [6.07, 6.45) is 1.01. The lowest BCUT2D eigenvalue weighted by Gasteiger charge is -2.30. The molecule has 8 nitrogen and oxygen atoms in total. The number of hydrogen-bond acceptors (Lipinski definition) is 7. The summed E-state index contributed by atoms with van der Waals surface area (Å²) in [5.41, 5.74) is 1.60. The first-order chi connectivity index (χ1) is 12.3. The van der Waals surface area contributed by atoms with E-state index in [1.165, 1.54) is 12.1 Å². The van der Waals surface area contributed by atoms with Crippen molar-refractivity contribution in [2.45, 2.75) is 31.1 Å². The van der Waals surface area contributed by atoms with Gasteiger partial charge in [-0.05, 0) is 30.0 Å². The molecule has 2 fully saturated rings. The Morgan fingerprint density at radius 1 is 1.27 bits per heavy atom. The molecule has 1 saturated carbocycles. The van der Waals surface area contributed by atoms with Crippen molar-refractivity contribution in [3.8, 4) is 11.5 Å². The van der Waals surface area contributed by atoms with Gasteiger partial charge in [-0.25, -0.2) is 13.6 Å². The van der Waals surface area contributed by atoms with Gasteiger partial charge in [-0.2, -0.15) is 4.98 Å². The molecule has 2 N–H and O–H groups in total. The number of benzene rings is 1. The number of nitrogens with zero attached hydrogens (tertiary/aromatic N) is 3. The third-order valence-electron chi connectivity index (χ3n) is 5.15. The van der Waals surface area contributed by atoms with Crippen LogP contribution in [0.5, 0.6) is 0 Å². The molecule has 1 saturated heterocycles. The number of aromatic nitrogens is 2. The maximum absolute atomic E-state index is 11.8. The van der Waals surface area contributed by atoms with Gasteiger partial charge >= 0.3 is 0 Å². The molecule has 1 aromatic carbocycles. The van der Waals surface area contributed by atoms with Crippen LogP contribution in [-0.4, -0.2) is 44.9 Å². The van der Waals surface area contributed by atoms with Gasteiger partial charge in [0.05, 0.1) is 23.7 Å². The van der Waals surface area contributed by atoms with Crippen LogP contribution >= 0.6 is 0 Å². The van der Waals surface area contributed by atoms with Crippen LogP contribution in [0, 0.1) is 5.41 Å². The number of primary sulfonamides is 1. The zero-order chi connectivity index (χ0) is 18.5. The van der Waals surface area contributed by atoms with Gasteiger partial charge in [0.25, 0.3) is 5.89 Å². The van der Waals surface area contributed by atoms with Crippen LogP contribution in [0.3, 0.4) is 0 Å². The lowest BCUT2D eigenvalue weighted by atomic mass is 10.1. The van der Waals surface area contributed by atoms with E-state index in [0.29, 0.717) is 43.6 Å². The van der Waals surface area contributed by atoms with E-state index in [9.17, 15) is 8.42 Å². The molecule has 2 heterocycles. The highest BCUT2D eigenvalue weighted by atomic mass is 32.2. The average molecular weight is 378 g/mol. The van der Waals surface area contributed by atoms with Gasteiger partial charge in [0, 0.05) is 24.7 Å². The molecule has 1 aliphatic carbocycles. The van der Waals surface area contributed by atoms with Crippen molar-refractivity contribution in [1.82, 2.24) is 10.1 Å². The summed E-state index contributed by atoms with van der Waals surface area (Å²) in [7, 11) is -3.83. The molecule has 9 heteroatoms. The zero-order valence-electron chi connectivity index (χ0n) is 14.8. The zero-order valence-corrected chi connectivity index (χ0v) is 15.6. The largest absolute Gasteiger partial charge is 0.378 e. The fourth-order valence-electron chi connectivity index (χ4n) is 3.34. The third kappa shape index (κ3) is 3.22. The monoisotopic (exact) mass is 378 g/mol. The van der Waals surface area contributed by atoms with E-state index in [1.807, 2.05) is 0 Å². The molecular weight excluding hydrogens is 356 g/mol. The smallest absolute Gasteiger partial charge is 0.260 e. The molecule has 140 valence electrons. The fourth-order valence-corrected chi connectivity index (χ4v) is 3.88. The summed E-state index contributed by atoms with van der Waals surface area (Å²) in [4.78, 5) is 6.69. The van der Waals surface area contributed by atoms with Crippen LogP contribution in [0.1, 0.15) is 32.0 Å². The fraction of sp³-hybridized carbons (Fsp3) is 0.529. The summed E-state index contributed by atoms with van der Waals surface area (Å²) < 4.78 is 34.5. The molecule has 2 aromatic rings. The highest BCUT2D eigenvalue weighted by Gasteiger charge is 2.49. The van der Waals surface area contributed by atoms with E-state index in [4.69, 9.17) is 14.4 Å². The molecule has 1 unspecified atom stereocenters. The Labute approximate surface area is 152 Å². The first-order valence-corrected chi connectivity index (χ1v) is 10.1. The van der Waals surface area contributed by atoms with E-state index in [0.717, 1.165) is 12.1 Å². The van der Waals surface area contributed by atoms with Crippen LogP contribution in [0.2, 0.25) is 0 Å². The Bertz CT molecular complexity index is 932. The lowest BCUT2D eigenvalue weighted by Crippen LogP contribution is -2.36. The molecule has 2 aliphatic rings. The van der Waals surface area contributed by atoms with Crippen molar-refractivity contribution in [3.05, 3.63) is 24.0 Å². The van der Waals surface area contributed by atoms with Gasteiger partial charge in [0.2, 0.25) is 10.0 Å². The Balaban J connectivity index is 1.77. The van der Waals surface area contributed by atoms with Crippen LogP contribution in [0.25, 0.3) is 11.5 Å². The van der Waals surface area contributed by atoms with E-state index in [1.54, 1.807) is 6.07 Å². The molecular formula is C17H22N4O4S. The van der Waals surface area contributed by atoms with Crippen molar-refractivity contribution in [3.63, 3.8) is 0 Å². The van der Waals surface area contributed by atoms with Gasteiger partial charge in [-0.15, -0.1) is 0 Å². The minimum Gasteiger partial charge on any atom is -0.378 e. The normalized spacial score (nSPS) is 22.4. The van der Waals surface area contributed by atoms with Gasteiger partial charge in [0.15, 0.2) is 5.82 Å². The van der Waals surface area contributed by atoms with Crippen LogP contribution in [-0.2, 0) is 14.8 Å². The van der Waals surface area contributed by atoms with Crippen LogP contribution in [0.4, 0.5) is 5.69 Å².